The summed E-state index contributed by atoms with van der Waals surface area (Å²) in [6.07, 6.45) is 5.38. The highest BCUT2D eigenvalue weighted by atomic mass is 16.1. The molecule has 0 aliphatic heterocycles. The van der Waals surface area contributed by atoms with Gasteiger partial charge in [-0.1, -0.05) is 27.7 Å². The molecule has 0 radical (unpaired) electrons. The van der Waals surface area contributed by atoms with E-state index in [0.717, 1.165) is 25.9 Å². The molecule has 4 nitrogen and oxygen atoms in total. The molecule has 18 heavy (non-hydrogen) atoms. The first-order valence-electron chi connectivity index (χ1n) is 6.79. The molecule has 0 aromatic carbocycles. The van der Waals surface area contributed by atoms with Crippen LogP contribution in [0.1, 0.15) is 40.5 Å². The van der Waals surface area contributed by atoms with Crippen LogP contribution in [0.15, 0.2) is 17.2 Å². The van der Waals surface area contributed by atoms with Crippen LogP contribution in [0.4, 0.5) is 5.82 Å². The summed E-state index contributed by atoms with van der Waals surface area (Å²) in [6, 6.07) is 0. The van der Waals surface area contributed by atoms with Gasteiger partial charge in [0.15, 0.2) is 5.82 Å². The molecule has 4 heteroatoms. The minimum absolute atomic E-state index is 0.0926. The second-order valence-electron chi connectivity index (χ2n) is 5.59. The van der Waals surface area contributed by atoms with Crippen LogP contribution in [0.25, 0.3) is 0 Å². The van der Waals surface area contributed by atoms with Gasteiger partial charge in [-0.3, -0.25) is 4.79 Å². The topological polar surface area (TPSA) is 49.0 Å². The van der Waals surface area contributed by atoms with Crippen LogP contribution in [-0.2, 0) is 0 Å². The van der Waals surface area contributed by atoms with Gasteiger partial charge in [0.25, 0.3) is 5.56 Å². The van der Waals surface area contributed by atoms with E-state index in [9.17, 15) is 4.79 Å². The molecule has 0 fully saturated rings. The normalized spacial score (nSPS) is 11.2. The fourth-order valence-corrected chi connectivity index (χ4v) is 1.72. The lowest BCUT2D eigenvalue weighted by Crippen LogP contribution is -2.33. The number of nitrogens with zero attached hydrogens (tertiary/aromatic N) is 2. The molecular formula is C14H25N3O. The van der Waals surface area contributed by atoms with Crippen molar-refractivity contribution in [3.05, 3.63) is 22.7 Å². The number of H-pyrrole nitrogens is 1. The molecule has 0 amide bonds. The van der Waals surface area contributed by atoms with Crippen molar-refractivity contribution in [2.45, 2.75) is 40.5 Å². The van der Waals surface area contributed by atoms with Gasteiger partial charge in [-0.15, -0.1) is 0 Å². The number of aromatic amines is 1. The van der Waals surface area contributed by atoms with Crippen LogP contribution in [0.3, 0.4) is 0 Å². The van der Waals surface area contributed by atoms with Crippen LogP contribution in [0.2, 0.25) is 0 Å². The highest BCUT2D eigenvalue weighted by Crippen LogP contribution is 2.10. The van der Waals surface area contributed by atoms with E-state index in [2.05, 4.69) is 42.6 Å². The quantitative estimate of drug-likeness (QED) is 0.810. The van der Waals surface area contributed by atoms with Crippen LogP contribution >= 0.6 is 0 Å². The van der Waals surface area contributed by atoms with Gasteiger partial charge in [0.05, 0.1) is 0 Å². The summed E-state index contributed by atoms with van der Waals surface area (Å²) in [7, 11) is 0. The number of hydrogen-bond acceptors (Lipinski definition) is 3. The van der Waals surface area contributed by atoms with Gasteiger partial charge in [-0.05, 0) is 24.7 Å². The Morgan fingerprint density at radius 3 is 2.17 bits per heavy atom. The summed E-state index contributed by atoms with van der Waals surface area (Å²) in [5.41, 5.74) is -0.0926. The van der Waals surface area contributed by atoms with E-state index in [-0.39, 0.29) is 5.56 Å². The Morgan fingerprint density at radius 2 is 1.72 bits per heavy atom. The fourth-order valence-electron chi connectivity index (χ4n) is 1.72. The fraction of sp³-hybridized carbons (Fsp3) is 0.714. The molecule has 1 aromatic heterocycles. The van der Waals surface area contributed by atoms with Crippen molar-refractivity contribution >= 4 is 5.82 Å². The SMILES string of the molecule is CC(C)CCN(CCC(C)C)c1ncc[nH]c1=O. The molecule has 0 atom stereocenters. The van der Waals surface area contributed by atoms with Crippen molar-refractivity contribution in [3.8, 4) is 0 Å². The summed E-state index contributed by atoms with van der Waals surface area (Å²) >= 11 is 0. The lowest BCUT2D eigenvalue weighted by Gasteiger charge is -2.24. The summed E-state index contributed by atoms with van der Waals surface area (Å²) in [5, 5.41) is 0. The smallest absolute Gasteiger partial charge is 0.290 e. The minimum Gasteiger partial charge on any atom is -0.352 e. The van der Waals surface area contributed by atoms with E-state index in [1.165, 1.54) is 0 Å². The van der Waals surface area contributed by atoms with Crippen molar-refractivity contribution in [1.82, 2.24) is 9.97 Å². The molecule has 1 heterocycles. The maximum absolute atomic E-state index is 11.8. The van der Waals surface area contributed by atoms with E-state index < -0.39 is 0 Å². The zero-order chi connectivity index (χ0) is 13.5. The second kappa shape index (κ2) is 7.19. The van der Waals surface area contributed by atoms with Gasteiger partial charge in [0, 0.05) is 25.5 Å². The van der Waals surface area contributed by atoms with Crippen molar-refractivity contribution in [2.75, 3.05) is 18.0 Å². The molecule has 1 aromatic rings. The second-order valence-corrected chi connectivity index (χ2v) is 5.59. The molecule has 0 unspecified atom stereocenters. The number of nitrogens with one attached hydrogen (secondary N) is 1. The highest BCUT2D eigenvalue weighted by molar-refractivity contribution is 5.34. The van der Waals surface area contributed by atoms with Crippen LogP contribution in [0, 0.1) is 11.8 Å². The van der Waals surface area contributed by atoms with E-state index in [1.54, 1.807) is 12.4 Å². The van der Waals surface area contributed by atoms with Gasteiger partial charge < -0.3 is 9.88 Å². The first kappa shape index (κ1) is 14.7. The number of rotatable bonds is 7. The van der Waals surface area contributed by atoms with Crippen molar-refractivity contribution in [2.24, 2.45) is 11.8 Å². The predicted molar refractivity (Wildman–Crippen MR) is 76.0 cm³/mol. The number of hydrogen-bond donors (Lipinski definition) is 1. The Hall–Kier alpha value is -1.32. The maximum atomic E-state index is 11.8. The van der Waals surface area contributed by atoms with Gasteiger partial charge in [0.2, 0.25) is 0 Å². The summed E-state index contributed by atoms with van der Waals surface area (Å²) in [5.74, 6) is 1.82. The Labute approximate surface area is 109 Å². The predicted octanol–water partition coefficient (Wildman–Crippen LogP) is 2.67. The Bertz CT molecular complexity index is 386. The third-order valence-electron chi connectivity index (χ3n) is 2.94. The zero-order valence-corrected chi connectivity index (χ0v) is 11.9. The lowest BCUT2D eigenvalue weighted by atomic mass is 10.1. The molecule has 0 aliphatic rings. The minimum atomic E-state index is -0.0926. The van der Waals surface area contributed by atoms with E-state index in [4.69, 9.17) is 0 Å². The summed E-state index contributed by atoms with van der Waals surface area (Å²) in [6.45, 7) is 10.6. The molecule has 102 valence electrons. The summed E-state index contributed by atoms with van der Waals surface area (Å²) < 4.78 is 0. The lowest BCUT2D eigenvalue weighted by molar-refractivity contribution is 0.532. The third-order valence-corrected chi connectivity index (χ3v) is 2.94. The third kappa shape index (κ3) is 4.90. The monoisotopic (exact) mass is 251 g/mol. The molecular weight excluding hydrogens is 226 g/mol. The Kier molecular flexibility index (Phi) is 5.89. The molecule has 1 rings (SSSR count). The van der Waals surface area contributed by atoms with E-state index in [1.807, 2.05) is 0 Å². The van der Waals surface area contributed by atoms with Crippen LogP contribution in [-0.4, -0.2) is 23.1 Å². The zero-order valence-electron chi connectivity index (χ0n) is 11.9. The van der Waals surface area contributed by atoms with Crippen molar-refractivity contribution < 1.29 is 0 Å². The van der Waals surface area contributed by atoms with Gasteiger partial charge in [-0.25, -0.2) is 4.98 Å². The molecule has 0 aliphatic carbocycles. The highest BCUT2D eigenvalue weighted by Gasteiger charge is 2.12. The summed E-state index contributed by atoms with van der Waals surface area (Å²) in [4.78, 5) is 20.8. The number of anilines is 1. The van der Waals surface area contributed by atoms with Crippen molar-refractivity contribution in [3.63, 3.8) is 0 Å². The van der Waals surface area contributed by atoms with Gasteiger partial charge >= 0.3 is 0 Å². The van der Waals surface area contributed by atoms with Gasteiger partial charge in [0.1, 0.15) is 0 Å². The van der Waals surface area contributed by atoms with Gasteiger partial charge in [-0.2, -0.15) is 0 Å². The van der Waals surface area contributed by atoms with Crippen LogP contribution in [0.5, 0.6) is 0 Å². The molecule has 0 bridgehead atoms. The van der Waals surface area contributed by atoms with E-state index >= 15 is 0 Å². The largest absolute Gasteiger partial charge is 0.352 e. The Balaban J connectivity index is 2.76. The van der Waals surface area contributed by atoms with E-state index in [0.29, 0.717) is 17.7 Å². The standard InChI is InChI=1S/C14H25N3O/c1-11(2)5-9-17(10-6-12(3)4)13-14(18)16-8-7-15-13/h7-8,11-12H,5-6,9-10H2,1-4H3,(H,16,18). The average molecular weight is 251 g/mol. The molecule has 0 saturated carbocycles. The van der Waals surface area contributed by atoms with Crippen LogP contribution < -0.4 is 10.5 Å². The number of aromatic nitrogens is 2. The molecule has 1 N–H and O–H groups in total. The van der Waals surface area contributed by atoms with Crippen molar-refractivity contribution in [1.29, 1.82) is 0 Å². The maximum Gasteiger partial charge on any atom is 0.290 e. The first-order valence-corrected chi connectivity index (χ1v) is 6.79. The molecule has 0 spiro atoms. The Morgan fingerprint density at radius 1 is 1.17 bits per heavy atom. The average Bonchev–Trinajstić information content (AvgIpc) is 2.30. The molecule has 0 saturated heterocycles. The first-order chi connectivity index (χ1) is 8.50.